The Kier molecular flexibility index (Phi) is 5.00. The summed E-state index contributed by atoms with van der Waals surface area (Å²) in [5.74, 6) is 0.711. The first-order valence-corrected chi connectivity index (χ1v) is 8.97. The lowest BCUT2D eigenvalue weighted by Gasteiger charge is -2.26. The van der Waals surface area contributed by atoms with Gasteiger partial charge in [0, 0.05) is 36.8 Å². The first-order valence-electron chi connectivity index (χ1n) is 8.97. The molecule has 1 aliphatic heterocycles. The van der Waals surface area contributed by atoms with Crippen LogP contribution in [-0.4, -0.2) is 46.3 Å². The van der Waals surface area contributed by atoms with Crippen LogP contribution < -0.4 is 5.56 Å². The average Bonchev–Trinajstić information content (AvgIpc) is 2.69. The summed E-state index contributed by atoms with van der Waals surface area (Å²) < 4.78 is 5.38. The van der Waals surface area contributed by atoms with Gasteiger partial charge in [-0.15, -0.1) is 0 Å². The minimum atomic E-state index is -0.208. The van der Waals surface area contributed by atoms with Gasteiger partial charge in [-0.05, 0) is 29.8 Å². The number of benzene rings is 2. The molecule has 3 aromatic rings. The lowest BCUT2D eigenvalue weighted by molar-refractivity contribution is 0.0342. The summed E-state index contributed by atoms with van der Waals surface area (Å²) in [5.41, 5.74) is 3.23. The highest BCUT2D eigenvalue weighted by molar-refractivity contribution is 5.64. The van der Waals surface area contributed by atoms with Crippen molar-refractivity contribution in [3.63, 3.8) is 0 Å². The Labute approximate surface area is 157 Å². The maximum atomic E-state index is 12.1. The van der Waals surface area contributed by atoms with Crippen molar-refractivity contribution in [3.8, 4) is 28.4 Å². The third kappa shape index (κ3) is 4.24. The smallest absolute Gasteiger partial charge is 0.251 e. The molecule has 0 spiro atoms. The Morgan fingerprint density at radius 2 is 1.67 bits per heavy atom. The van der Waals surface area contributed by atoms with E-state index in [2.05, 4.69) is 27.0 Å². The number of hydrogen-bond acceptors (Lipinski definition) is 5. The molecule has 0 bridgehead atoms. The molecule has 2 N–H and O–H groups in total. The summed E-state index contributed by atoms with van der Waals surface area (Å²) in [6.45, 7) is 4.36. The molecule has 1 aliphatic rings. The number of aromatic hydroxyl groups is 1. The molecule has 0 atom stereocenters. The fourth-order valence-corrected chi connectivity index (χ4v) is 3.16. The predicted molar refractivity (Wildman–Crippen MR) is 103 cm³/mol. The van der Waals surface area contributed by atoms with Gasteiger partial charge in [0.15, 0.2) is 0 Å². The van der Waals surface area contributed by atoms with Gasteiger partial charge < -0.3 is 14.8 Å². The molecule has 0 radical (unpaired) electrons. The number of aromatic nitrogens is 2. The van der Waals surface area contributed by atoms with E-state index in [0.29, 0.717) is 11.5 Å². The molecule has 0 saturated carbocycles. The van der Waals surface area contributed by atoms with Gasteiger partial charge in [0.05, 0.1) is 18.9 Å². The number of phenols is 1. The summed E-state index contributed by atoms with van der Waals surface area (Å²) in [7, 11) is 0. The molecule has 4 rings (SSSR count). The zero-order valence-electron chi connectivity index (χ0n) is 14.9. The van der Waals surface area contributed by atoms with Crippen LogP contribution >= 0.6 is 0 Å². The molecule has 1 fully saturated rings. The SMILES string of the molecule is O=c1cc(-c2ccc(O)cc2)nc(-c2ccc(CN3CCOCC3)cc2)[nH]1. The Balaban J connectivity index is 1.57. The number of H-pyrrole nitrogens is 1. The van der Waals surface area contributed by atoms with E-state index in [1.807, 2.05) is 12.1 Å². The van der Waals surface area contributed by atoms with E-state index >= 15 is 0 Å². The van der Waals surface area contributed by atoms with Crippen LogP contribution in [0, 0.1) is 0 Å². The van der Waals surface area contributed by atoms with Gasteiger partial charge in [-0.2, -0.15) is 0 Å². The molecule has 1 aromatic heterocycles. The second-order valence-corrected chi connectivity index (χ2v) is 6.61. The van der Waals surface area contributed by atoms with E-state index in [4.69, 9.17) is 4.74 Å². The van der Waals surface area contributed by atoms with Gasteiger partial charge in [-0.3, -0.25) is 9.69 Å². The van der Waals surface area contributed by atoms with E-state index in [-0.39, 0.29) is 11.3 Å². The predicted octanol–water partition coefficient (Wildman–Crippen LogP) is 2.64. The first-order chi connectivity index (χ1) is 13.2. The Hall–Kier alpha value is -2.96. The average molecular weight is 363 g/mol. The standard InChI is InChI=1S/C21H21N3O3/c25-18-7-5-16(6-8-18)19-13-20(26)23-21(22-19)17-3-1-15(2-4-17)14-24-9-11-27-12-10-24/h1-8,13,25H,9-12,14H2,(H,22,23,26). The number of aromatic amines is 1. The number of nitrogens with one attached hydrogen (secondary N) is 1. The number of hydrogen-bond donors (Lipinski definition) is 2. The van der Waals surface area contributed by atoms with Gasteiger partial charge >= 0.3 is 0 Å². The number of morpholine rings is 1. The zero-order valence-corrected chi connectivity index (χ0v) is 14.9. The molecule has 0 aliphatic carbocycles. The number of rotatable bonds is 4. The van der Waals surface area contributed by atoms with Crippen LogP contribution in [0.2, 0.25) is 0 Å². The normalized spacial score (nSPS) is 15.0. The molecule has 27 heavy (non-hydrogen) atoms. The Morgan fingerprint density at radius 3 is 2.37 bits per heavy atom. The molecule has 2 aromatic carbocycles. The second-order valence-electron chi connectivity index (χ2n) is 6.61. The maximum Gasteiger partial charge on any atom is 0.251 e. The third-order valence-electron chi connectivity index (χ3n) is 4.64. The van der Waals surface area contributed by atoms with Crippen molar-refractivity contribution in [3.05, 3.63) is 70.5 Å². The molecule has 6 heteroatoms. The van der Waals surface area contributed by atoms with Gasteiger partial charge in [-0.25, -0.2) is 4.98 Å². The van der Waals surface area contributed by atoms with Crippen molar-refractivity contribution in [1.29, 1.82) is 0 Å². The van der Waals surface area contributed by atoms with Crippen molar-refractivity contribution in [2.75, 3.05) is 26.3 Å². The largest absolute Gasteiger partial charge is 0.508 e. The van der Waals surface area contributed by atoms with Crippen molar-refractivity contribution in [2.45, 2.75) is 6.54 Å². The highest BCUT2D eigenvalue weighted by Gasteiger charge is 2.11. The molecule has 6 nitrogen and oxygen atoms in total. The summed E-state index contributed by atoms with van der Waals surface area (Å²) in [6.07, 6.45) is 0. The quantitative estimate of drug-likeness (QED) is 0.745. The molecular weight excluding hydrogens is 342 g/mol. The first kappa shape index (κ1) is 17.5. The van der Waals surface area contributed by atoms with Crippen molar-refractivity contribution < 1.29 is 9.84 Å². The van der Waals surface area contributed by atoms with Crippen LogP contribution in [-0.2, 0) is 11.3 Å². The number of phenolic OH excluding ortho intramolecular Hbond substituents is 1. The highest BCUT2D eigenvalue weighted by atomic mass is 16.5. The Bertz CT molecular complexity index is 959. The van der Waals surface area contributed by atoms with Crippen molar-refractivity contribution in [1.82, 2.24) is 14.9 Å². The van der Waals surface area contributed by atoms with Gasteiger partial charge in [-0.1, -0.05) is 24.3 Å². The topological polar surface area (TPSA) is 78.4 Å². The zero-order chi connectivity index (χ0) is 18.6. The van der Waals surface area contributed by atoms with Gasteiger partial charge in [0.25, 0.3) is 5.56 Å². The van der Waals surface area contributed by atoms with Gasteiger partial charge in [0.1, 0.15) is 11.6 Å². The summed E-state index contributed by atoms with van der Waals surface area (Å²) in [4.78, 5) is 21.8. The molecule has 1 saturated heterocycles. The van der Waals surface area contributed by atoms with E-state index in [1.54, 1.807) is 24.3 Å². The van der Waals surface area contributed by atoms with Crippen molar-refractivity contribution >= 4 is 0 Å². The Morgan fingerprint density at radius 1 is 1.00 bits per heavy atom. The highest BCUT2D eigenvalue weighted by Crippen LogP contribution is 2.22. The maximum absolute atomic E-state index is 12.1. The second kappa shape index (κ2) is 7.73. The minimum absolute atomic E-state index is 0.180. The lowest BCUT2D eigenvalue weighted by Crippen LogP contribution is -2.35. The number of nitrogens with zero attached hydrogens (tertiary/aromatic N) is 2. The molecular formula is C21H21N3O3. The fourth-order valence-electron chi connectivity index (χ4n) is 3.16. The van der Waals surface area contributed by atoms with Crippen LogP contribution in [0.25, 0.3) is 22.6 Å². The molecule has 2 heterocycles. The minimum Gasteiger partial charge on any atom is -0.508 e. The monoisotopic (exact) mass is 363 g/mol. The van der Waals surface area contributed by atoms with Crippen molar-refractivity contribution in [2.24, 2.45) is 0 Å². The fraction of sp³-hybridized carbons (Fsp3) is 0.238. The molecule has 0 unspecified atom stereocenters. The number of ether oxygens (including phenoxy) is 1. The van der Waals surface area contributed by atoms with Crippen LogP contribution in [0.3, 0.4) is 0 Å². The van der Waals surface area contributed by atoms with Gasteiger partial charge in [0.2, 0.25) is 0 Å². The van der Waals surface area contributed by atoms with Crippen LogP contribution in [0.5, 0.6) is 5.75 Å². The summed E-state index contributed by atoms with van der Waals surface area (Å²) in [6, 6.07) is 16.2. The van der Waals surface area contributed by atoms with Crippen LogP contribution in [0.15, 0.2) is 59.4 Å². The van der Waals surface area contributed by atoms with Crippen LogP contribution in [0.1, 0.15) is 5.56 Å². The summed E-state index contributed by atoms with van der Waals surface area (Å²) in [5, 5.41) is 9.44. The molecule has 138 valence electrons. The third-order valence-corrected chi connectivity index (χ3v) is 4.64. The lowest BCUT2D eigenvalue weighted by atomic mass is 10.1. The van der Waals surface area contributed by atoms with E-state index in [9.17, 15) is 9.90 Å². The summed E-state index contributed by atoms with van der Waals surface area (Å²) >= 11 is 0. The molecule has 0 amide bonds. The van der Waals surface area contributed by atoms with E-state index in [0.717, 1.165) is 44.0 Å². The van der Waals surface area contributed by atoms with Crippen LogP contribution in [0.4, 0.5) is 0 Å². The van der Waals surface area contributed by atoms with E-state index in [1.165, 1.54) is 11.6 Å². The van der Waals surface area contributed by atoms with E-state index < -0.39 is 0 Å².